The molecule has 2 heterocycles. The van der Waals surface area contributed by atoms with Crippen molar-refractivity contribution in [2.24, 2.45) is 23.3 Å². The zero-order valence-electron chi connectivity index (χ0n) is 38.7. The van der Waals surface area contributed by atoms with E-state index in [1.165, 1.54) is 33.4 Å². The largest absolute Gasteiger partial charge is 0.346 e. The number of fused-ring (bicyclic) bond motifs is 4. The summed E-state index contributed by atoms with van der Waals surface area (Å²) in [5, 5.41) is 3.03. The van der Waals surface area contributed by atoms with Crippen LogP contribution in [0.25, 0.3) is 33.2 Å². The fraction of sp³-hybridized carbons (Fsp3) is 0.400. The van der Waals surface area contributed by atoms with E-state index in [1.54, 1.807) is 0 Å². The molecule has 0 spiro atoms. The number of imidazole rings is 2. The number of Topliss-reactive ketones (excluding diaryl/α,β-unsaturated/α-hetero) is 2. The van der Waals surface area contributed by atoms with Gasteiger partial charge >= 0.3 is 0 Å². The maximum atomic E-state index is 13.3. The molecule has 0 aliphatic heterocycles. The number of hydrogen-bond acceptors (Lipinski definition) is 7. The molecule has 2 aliphatic rings. The molecule has 0 unspecified atom stereocenters. The number of nitrogens with zero attached hydrogens (tertiary/aromatic N) is 2. The number of hydrogen-bond donors (Lipinski definition) is 5. The summed E-state index contributed by atoms with van der Waals surface area (Å²) in [6, 6.07) is 28.2. The van der Waals surface area contributed by atoms with Gasteiger partial charge in [0.1, 0.15) is 11.6 Å². The number of H-pyrrole nitrogens is 2. The van der Waals surface area contributed by atoms with E-state index in [9.17, 15) is 14.4 Å². The van der Waals surface area contributed by atoms with Crippen LogP contribution in [0.1, 0.15) is 118 Å². The number of unbranched alkanes of at least 4 members (excludes halogenated alkanes) is 3. The van der Waals surface area contributed by atoms with Gasteiger partial charge in [0.05, 0.1) is 34.2 Å². The van der Waals surface area contributed by atoms with E-state index < -0.39 is 12.1 Å². The first kappa shape index (κ1) is 47.0. The second-order valence-corrected chi connectivity index (χ2v) is 18.2. The van der Waals surface area contributed by atoms with E-state index in [4.69, 9.17) is 21.4 Å². The highest BCUT2D eigenvalue weighted by molar-refractivity contribution is 5.91. The minimum atomic E-state index is -0.469. The molecule has 7 N–H and O–H groups in total. The summed E-state index contributed by atoms with van der Waals surface area (Å²) in [5.41, 5.74) is 25.3. The summed E-state index contributed by atoms with van der Waals surface area (Å²) in [7, 11) is 0. The third-order valence-corrected chi connectivity index (χ3v) is 13.4. The number of nitrogens with two attached hydrogens (primary N) is 2. The number of carbonyl (C=O) groups excluding carboxylic acids is 3. The summed E-state index contributed by atoms with van der Waals surface area (Å²) in [6.07, 6.45) is 14.8. The Balaban J connectivity index is 0.000000201. The number of benzene rings is 4. The minimum absolute atomic E-state index is 0.0390. The monoisotopic (exact) mass is 874 g/mol. The van der Waals surface area contributed by atoms with E-state index >= 15 is 0 Å². The quantitative estimate of drug-likeness (QED) is 0.0448. The van der Waals surface area contributed by atoms with Crippen LogP contribution in [0.15, 0.2) is 97.1 Å². The maximum Gasteiger partial charge on any atom is 0.220 e. The van der Waals surface area contributed by atoms with Gasteiger partial charge in [-0.2, -0.15) is 0 Å². The minimum Gasteiger partial charge on any atom is -0.346 e. The highest BCUT2D eigenvalue weighted by atomic mass is 16.2. The van der Waals surface area contributed by atoms with Gasteiger partial charge < -0.3 is 26.8 Å². The Labute approximate surface area is 384 Å². The molecule has 1 amide bonds. The van der Waals surface area contributed by atoms with Crippen molar-refractivity contribution in [2.75, 3.05) is 6.54 Å². The van der Waals surface area contributed by atoms with Crippen LogP contribution >= 0.6 is 0 Å². The first-order valence-corrected chi connectivity index (χ1v) is 23.8. The van der Waals surface area contributed by atoms with Gasteiger partial charge in [-0.3, -0.25) is 14.4 Å². The lowest BCUT2D eigenvalue weighted by Gasteiger charge is -2.23. The van der Waals surface area contributed by atoms with Crippen LogP contribution in [0.2, 0.25) is 0 Å². The summed E-state index contributed by atoms with van der Waals surface area (Å²) >= 11 is 0. The Morgan fingerprint density at radius 1 is 0.662 bits per heavy atom. The SMILES string of the molecule is CC[C@@H](C)[C@H](N)C(=O)Cc1ccc2nc(CC3=CCc4ccccc43)[nH]c2c1.CC[C@@H](C)[C@H](NC(=O)CCCCCCN)C(=O)Cc1ccc2nc(CC3=CCc4ccccc43)[nH]c2c1. The smallest absolute Gasteiger partial charge is 0.220 e. The topological polar surface area (TPSA) is 173 Å². The van der Waals surface area contributed by atoms with Gasteiger partial charge in [0, 0.05) is 32.1 Å². The molecule has 0 bridgehead atoms. The fourth-order valence-electron chi connectivity index (χ4n) is 9.02. The summed E-state index contributed by atoms with van der Waals surface area (Å²) in [6.45, 7) is 8.87. The van der Waals surface area contributed by atoms with Crippen molar-refractivity contribution >= 4 is 50.7 Å². The van der Waals surface area contributed by atoms with Gasteiger partial charge in [0.25, 0.3) is 0 Å². The van der Waals surface area contributed by atoms with Crippen LogP contribution in [0.4, 0.5) is 0 Å². The van der Waals surface area contributed by atoms with E-state index in [1.807, 2.05) is 50.2 Å². The Morgan fingerprint density at radius 3 is 1.69 bits per heavy atom. The van der Waals surface area contributed by atoms with Gasteiger partial charge in [-0.05, 0) is 113 Å². The van der Waals surface area contributed by atoms with Crippen molar-refractivity contribution < 1.29 is 14.4 Å². The van der Waals surface area contributed by atoms with Gasteiger partial charge in [0.2, 0.25) is 5.91 Å². The van der Waals surface area contributed by atoms with Gasteiger partial charge in [0.15, 0.2) is 11.6 Å². The first-order chi connectivity index (χ1) is 31.5. The number of nitrogens with one attached hydrogen (secondary N) is 3. The van der Waals surface area contributed by atoms with Crippen molar-refractivity contribution in [3.05, 3.63) is 142 Å². The number of rotatable bonds is 21. The lowest BCUT2D eigenvalue weighted by molar-refractivity contribution is -0.128. The molecule has 0 saturated heterocycles. The molecule has 10 heteroatoms. The third-order valence-electron chi connectivity index (χ3n) is 13.4. The van der Waals surface area contributed by atoms with Crippen LogP contribution in [-0.2, 0) is 52.9 Å². The Hall–Kier alpha value is -5.97. The Bertz CT molecular complexity index is 2670. The molecular weight excluding hydrogens is 807 g/mol. The fourth-order valence-corrected chi connectivity index (χ4v) is 9.02. The van der Waals surface area contributed by atoms with Crippen molar-refractivity contribution in [3.8, 4) is 0 Å². The zero-order chi connectivity index (χ0) is 45.9. The van der Waals surface area contributed by atoms with Gasteiger partial charge in [-0.15, -0.1) is 0 Å². The normalized spacial score (nSPS) is 14.7. The van der Waals surface area contributed by atoms with Crippen molar-refractivity contribution in [1.29, 1.82) is 0 Å². The molecule has 0 radical (unpaired) electrons. The molecule has 2 aromatic heterocycles. The predicted octanol–water partition coefficient (Wildman–Crippen LogP) is 9.53. The van der Waals surface area contributed by atoms with Crippen molar-refractivity contribution in [3.63, 3.8) is 0 Å². The molecule has 65 heavy (non-hydrogen) atoms. The van der Waals surface area contributed by atoms with Crippen LogP contribution in [-0.4, -0.2) is 56.0 Å². The molecule has 0 saturated carbocycles. The number of allylic oxidation sites excluding steroid dienone is 4. The average molecular weight is 874 g/mol. The van der Waals surface area contributed by atoms with Crippen molar-refractivity contribution in [2.45, 2.75) is 123 Å². The molecule has 2 aliphatic carbocycles. The van der Waals surface area contributed by atoms with Gasteiger partial charge in [-0.1, -0.05) is 126 Å². The molecule has 6 aromatic rings. The number of ketones is 2. The van der Waals surface area contributed by atoms with Crippen LogP contribution in [0.5, 0.6) is 0 Å². The van der Waals surface area contributed by atoms with Crippen molar-refractivity contribution in [1.82, 2.24) is 25.3 Å². The Morgan fingerprint density at radius 2 is 1.17 bits per heavy atom. The highest BCUT2D eigenvalue weighted by Gasteiger charge is 2.26. The van der Waals surface area contributed by atoms with Crippen LogP contribution < -0.4 is 16.8 Å². The molecule has 4 aromatic carbocycles. The number of amides is 1. The summed E-state index contributed by atoms with van der Waals surface area (Å²) < 4.78 is 0. The lowest BCUT2D eigenvalue weighted by atomic mass is 9.91. The number of aromatic nitrogens is 4. The van der Waals surface area contributed by atoms with Crippen LogP contribution in [0.3, 0.4) is 0 Å². The van der Waals surface area contributed by atoms with E-state index in [-0.39, 0.29) is 35.7 Å². The average Bonchev–Trinajstić information content (AvgIpc) is 4.12. The second-order valence-electron chi connectivity index (χ2n) is 18.2. The zero-order valence-corrected chi connectivity index (χ0v) is 38.7. The maximum absolute atomic E-state index is 13.3. The molecule has 4 atom stereocenters. The first-order valence-electron chi connectivity index (χ1n) is 23.8. The number of carbonyl (C=O) groups is 3. The molecule has 340 valence electrons. The summed E-state index contributed by atoms with van der Waals surface area (Å²) in [4.78, 5) is 54.7. The highest BCUT2D eigenvalue weighted by Crippen LogP contribution is 2.31. The van der Waals surface area contributed by atoms with E-state index in [0.29, 0.717) is 19.4 Å². The molecule has 0 fully saturated rings. The molecule has 10 nitrogen and oxygen atoms in total. The second kappa shape index (κ2) is 22.3. The Kier molecular flexibility index (Phi) is 16.1. The third kappa shape index (κ3) is 12.0. The van der Waals surface area contributed by atoms with E-state index in [2.05, 4.69) is 89.8 Å². The standard InChI is InChI=1S/C31H40N4O2.C24H27N3O/c1-3-21(2)31(35-30(37)12-6-4-5-9-17-32)28(36)19-22-13-16-26-27(18-22)34-29(33-26)20-24-15-14-23-10-7-8-11-25(23)24;1-3-15(2)24(25)22(28)13-16-8-11-20-21(12-16)27-23(26-20)14-18-10-9-17-6-4-5-7-19(17)18/h7-8,10-11,13,15-16,18,21,31H,3-6,9,12,14,17,19-20,32H2,1-2H3,(H,33,34)(H,35,37);4-8,10-12,15,24H,3,9,13-14,25H2,1-2H3,(H,26,27)/t21-,31+;15-,24+/m11/s1. The van der Waals surface area contributed by atoms with Crippen LogP contribution in [0, 0.1) is 11.8 Å². The number of aromatic amines is 2. The predicted molar refractivity (Wildman–Crippen MR) is 264 cm³/mol. The molecular formula is C55H67N7O3. The molecule has 8 rings (SSSR count). The summed E-state index contributed by atoms with van der Waals surface area (Å²) in [5.74, 6) is 2.29. The van der Waals surface area contributed by atoms with E-state index in [0.717, 1.165) is 109 Å². The lowest BCUT2D eigenvalue weighted by Crippen LogP contribution is -2.45. The van der Waals surface area contributed by atoms with Gasteiger partial charge in [-0.25, -0.2) is 9.97 Å².